The van der Waals surface area contributed by atoms with E-state index in [9.17, 15) is 0 Å². The first-order valence-corrected chi connectivity index (χ1v) is 20.3. The molecule has 0 saturated heterocycles. The molecule has 0 atom stereocenters. The van der Waals surface area contributed by atoms with Crippen LogP contribution in [0, 0.1) is 0 Å². The van der Waals surface area contributed by atoms with E-state index in [2.05, 4.69) is 178 Å². The third-order valence-corrected chi connectivity index (χ3v) is 12.8. The third-order valence-electron chi connectivity index (χ3n) is 12.8. The van der Waals surface area contributed by atoms with E-state index < -0.39 is 5.41 Å². The summed E-state index contributed by atoms with van der Waals surface area (Å²) in [5.74, 6) is 1.84. The number of furan rings is 1. The number of hydrogen-bond acceptors (Lipinski definition) is 4. The van der Waals surface area contributed by atoms with Crippen molar-refractivity contribution in [1.29, 1.82) is 0 Å². The lowest BCUT2D eigenvalue weighted by Gasteiger charge is -2.47. The maximum absolute atomic E-state index is 6.88. The molecule has 59 heavy (non-hydrogen) atoms. The Labute approximate surface area is 342 Å². The molecule has 2 aliphatic rings. The van der Waals surface area contributed by atoms with Crippen molar-refractivity contribution in [2.45, 2.75) is 24.7 Å². The van der Waals surface area contributed by atoms with Crippen LogP contribution in [-0.2, 0) is 10.8 Å². The van der Waals surface area contributed by atoms with E-state index in [1.54, 1.807) is 0 Å². The van der Waals surface area contributed by atoms with Gasteiger partial charge in [-0.1, -0.05) is 184 Å². The normalized spacial score (nSPS) is 14.2. The standard InChI is InChI=1S/C55H37N3O/c1-54(2)43-28-13-14-29-44(43)55(41-26-11-9-23-38(41)39-24-10-12-27-42(39)55)45-31-32-47-49(50(45)54)48-40(25-16-30-46(48)59-47)53-57-51(35-19-7-4-8-20-35)56-52(58-53)37-22-15-21-36(33-37)34-17-5-3-6-18-34/h3-33H,1-2H3. The smallest absolute Gasteiger partial charge is 0.164 e. The van der Waals surface area contributed by atoms with E-state index in [1.165, 1.54) is 44.5 Å². The molecule has 0 N–H and O–H groups in total. The van der Waals surface area contributed by atoms with Crippen LogP contribution in [0.25, 0.3) is 78.4 Å². The summed E-state index contributed by atoms with van der Waals surface area (Å²) in [4.78, 5) is 15.7. The molecule has 0 amide bonds. The summed E-state index contributed by atoms with van der Waals surface area (Å²) < 4.78 is 6.88. The predicted molar refractivity (Wildman–Crippen MR) is 238 cm³/mol. The molecular formula is C55H37N3O. The van der Waals surface area contributed by atoms with E-state index in [1.807, 2.05) is 24.3 Å². The number of nitrogens with zero attached hydrogens (tertiary/aromatic N) is 3. The molecule has 0 radical (unpaired) electrons. The molecule has 8 aromatic carbocycles. The van der Waals surface area contributed by atoms with Crippen molar-refractivity contribution >= 4 is 21.9 Å². The molecule has 1 spiro atoms. The van der Waals surface area contributed by atoms with Crippen LogP contribution in [0.5, 0.6) is 0 Å². The number of rotatable bonds is 4. The minimum atomic E-state index is -0.522. The molecule has 0 bridgehead atoms. The summed E-state index contributed by atoms with van der Waals surface area (Å²) in [5.41, 5.74) is 16.1. The van der Waals surface area contributed by atoms with Gasteiger partial charge in [0.15, 0.2) is 17.5 Å². The summed E-state index contributed by atoms with van der Waals surface area (Å²) in [6, 6.07) is 66.9. The number of benzene rings is 8. The van der Waals surface area contributed by atoms with Gasteiger partial charge in [-0.3, -0.25) is 0 Å². The van der Waals surface area contributed by atoms with E-state index in [4.69, 9.17) is 19.4 Å². The van der Waals surface area contributed by atoms with Crippen molar-refractivity contribution in [1.82, 2.24) is 15.0 Å². The van der Waals surface area contributed by atoms with Gasteiger partial charge in [-0.25, -0.2) is 15.0 Å². The van der Waals surface area contributed by atoms with Crippen molar-refractivity contribution in [3.8, 4) is 56.4 Å². The fraction of sp³-hybridized carbons (Fsp3) is 0.0727. The van der Waals surface area contributed by atoms with Gasteiger partial charge in [-0.2, -0.15) is 0 Å². The summed E-state index contributed by atoms with van der Waals surface area (Å²) in [5, 5.41) is 2.11. The molecule has 278 valence electrons. The third kappa shape index (κ3) is 4.74. The minimum Gasteiger partial charge on any atom is -0.456 e. The molecule has 0 aliphatic heterocycles. The Balaban J connectivity index is 1.17. The Morgan fingerprint density at radius 2 is 0.864 bits per heavy atom. The maximum atomic E-state index is 6.88. The average molecular weight is 756 g/mol. The van der Waals surface area contributed by atoms with Crippen LogP contribution in [0.15, 0.2) is 192 Å². The highest BCUT2D eigenvalue weighted by atomic mass is 16.3. The van der Waals surface area contributed by atoms with E-state index >= 15 is 0 Å². The molecule has 0 unspecified atom stereocenters. The van der Waals surface area contributed by atoms with Gasteiger partial charge in [-0.05, 0) is 73.8 Å². The van der Waals surface area contributed by atoms with Gasteiger partial charge in [0.25, 0.3) is 0 Å². The molecule has 4 nitrogen and oxygen atoms in total. The molecule has 2 aromatic heterocycles. The molecule has 2 aliphatic carbocycles. The molecule has 12 rings (SSSR count). The molecule has 0 saturated carbocycles. The van der Waals surface area contributed by atoms with Crippen molar-refractivity contribution in [2.75, 3.05) is 0 Å². The first-order chi connectivity index (χ1) is 29.0. The lowest BCUT2D eigenvalue weighted by atomic mass is 9.55. The van der Waals surface area contributed by atoms with Crippen LogP contribution < -0.4 is 0 Å². The monoisotopic (exact) mass is 755 g/mol. The molecule has 2 heterocycles. The Morgan fingerprint density at radius 3 is 1.58 bits per heavy atom. The lowest BCUT2D eigenvalue weighted by molar-refractivity contribution is 0.567. The van der Waals surface area contributed by atoms with Crippen LogP contribution >= 0.6 is 0 Å². The zero-order valence-electron chi connectivity index (χ0n) is 32.6. The van der Waals surface area contributed by atoms with E-state index in [0.717, 1.165) is 49.8 Å². The van der Waals surface area contributed by atoms with Crippen molar-refractivity contribution in [3.05, 3.63) is 221 Å². The molecule has 4 heteroatoms. The van der Waals surface area contributed by atoms with Gasteiger partial charge in [0.05, 0.1) is 5.41 Å². The van der Waals surface area contributed by atoms with Gasteiger partial charge < -0.3 is 4.42 Å². The summed E-state index contributed by atoms with van der Waals surface area (Å²) in [6.07, 6.45) is 0. The van der Waals surface area contributed by atoms with Gasteiger partial charge in [0.2, 0.25) is 0 Å². The zero-order chi connectivity index (χ0) is 39.3. The van der Waals surface area contributed by atoms with Gasteiger partial charge >= 0.3 is 0 Å². The molecule has 0 fully saturated rings. The Morgan fingerprint density at radius 1 is 0.356 bits per heavy atom. The van der Waals surface area contributed by atoms with Crippen LogP contribution in [0.1, 0.15) is 47.2 Å². The van der Waals surface area contributed by atoms with Crippen molar-refractivity contribution < 1.29 is 4.42 Å². The highest BCUT2D eigenvalue weighted by Gasteiger charge is 2.54. The predicted octanol–water partition coefficient (Wildman–Crippen LogP) is 13.4. The van der Waals surface area contributed by atoms with E-state index in [-0.39, 0.29) is 5.41 Å². The van der Waals surface area contributed by atoms with Gasteiger partial charge in [0, 0.05) is 32.9 Å². The zero-order valence-corrected chi connectivity index (χ0v) is 32.6. The highest BCUT2D eigenvalue weighted by Crippen LogP contribution is 2.63. The SMILES string of the molecule is CC1(C)c2ccccc2C2(c3ccccc3-c3ccccc32)c2ccc3oc4cccc(-c5nc(-c6ccccc6)nc(-c6cccc(-c7ccccc7)c6)n5)c4c3c21. The fourth-order valence-corrected chi connectivity index (χ4v) is 10.3. The van der Waals surface area contributed by atoms with Crippen molar-refractivity contribution in [3.63, 3.8) is 0 Å². The van der Waals surface area contributed by atoms with Crippen LogP contribution in [0.4, 0.5) is 0 Å². The summed E-state index contributed by atoms with van der Waals surface area (Å²) >= 11 is 0. The second kappa shape index (κ2) is 12.5. The molecule has 10 aromatic rings. The van der Waals surface area contributed by atoms with Crippen LogP contribution in [0.3, 0.4) is 0 Å². The van der Waals surface area contributed by atoms with E-state index in [0.29, 0.717) is 17.5 Å². The fourth-order valence-electron chi connectivity index (χ4n) is 10.3. The second-order valence-electron chi connectivity index (χ2n) is 16.3. The number of aromatic nitrogens is 3. The van der Waals surface area contributed by atoms with Gasteiger partial charge in [0.1, 0.15) is 11.2 Å². The second-order valence-corrected chi connectivity index (χ2v) is 16.3. The quantitative estimate of drug-likeness (QED) is 0.179. The largest absolute Gasteiger partial charge is 0.456 e. The lowest BCUT2D eigenvalue weighted by Crippen LogP contribution is -2.40. The van der Waals surface area contributed by atoms with Gasteiger partial charge in [-0.15, -0.1) is 0 Å². The van der Waals surface area contributed by atoms with Crippen molar-refractivity contribution in [2.24, 2.45) is 0 Å². The van der Waals surface area contributed by atoms with Crippen LogP contribution in [-0.4, -0.2) is 15.0 Å². The first kappa shape index (κ1) is 33.7. The summed E-state index contributed by atoms with van der Waals surface area (Å²) in [6.45, 7) is 4.75. The van der Waals surface area contributed by atoms with Crippen LogP contribution in [0.2, 0.25) is 0 Å². The summed E-state index contributed by atoms with van der Waals surface area (Å²) in [7, 11) is 0. The topological polar surface area (TPSA) is 51.8 Å². The average Bonchev–Trinajstić information content (AvgIpc) is 3.83. The highest BCUT2D eigenvalue weighted by molar-refractivity contribution is 6.14. The minimum absolute atomic E-state index is 0.385. The Bertz CT molecular complexity index is 3260. The maximum Gasteiger partial charge on any atom is 0.164 e. The Hall–Kier alpha value is -7.43. The Kier molecular flexibility index (Phi) is 7.16. The molecular weight excluding hydrogens is 719 g/mol. The number of fused-ring (bicyclic) bond motifs is 13. The number of hydrogen-bond donors (Lipinski definition) is 0. The first-order valence-electron chi connectivity index (χ1n) is 20.3.